The minimum absolute atomic E-state index is 0.101. The predicted molar refractivity (Wildman–Crippen MR) is 110 cm³/mol. The van der Waals surface area contributed by atoms with Crippen LogP contribution in [0.4, 0.5) is 16.5 Å². The summed E-state index contributed by atoms with van der Waals surface area (Å²) in [5, 5.41) is 21.0. The summed E-state index contributed by atoms with van der Waals surface area (Å²) < 4.78 is 2.02. The molecule has 150 valence electrons. The van der Waals surface area contributed by atoms with Crippen LogP contribution in [0, 0.1) is 10.1 Å². The summed E-state index contributed by atoms with van der Waals surface area (Å²) in [7, 11) is 0. The summed E-state index contributed by atoms with van der Waals surface area (Å²) in [6, 6.07) is 9.25. The van der Waals surface area contributed by atoms with Crippen LogP contribution in [0.15, 0.2) is 49.1 Å². The number of hydrogen-bond acceptors (Lipinski definition) is 8. The van der Waals surface area contributed by atoms with E-state index in [0.29, 0.717) is 16.3 Å². The number of anilines is 2. The van der Waals surface area contributed by atoms with Gasteiger partial charge in [0.05, 0.1) is 15.1 Å². The van der Waals surface area contributed by atoms with Crippen LogP contribution in [0.5, 0.6) is 0 Å². The zero-order valence-corrected chi connectivity index (χ0v) is 16.2. The molecule has 2 N–H and O–H groups in total. The minimum atomic E-state index is -0.588. The first-order valence-corrected chi connectivity index (χ1v) is 9.35. The van der Waals surface area contributed by atoms with E-state index in [-0.39, 0.29) is 22.8 Å². The zero-order valence-electron chi connectivity index (χ0n) is 15.4. The molecule has 2 aromatic carbocycles. The Morgan fingerprint density at radius 3 is 2.70 bits per heavy atom. The number of nitrogens with one attached hydrogen (secondary N) is 2. The van der Waals surface area contributed by atoms with E-state index < -0.39 is 10.8 Å². The van der Waals surface area contributed by atoms with Gasteiger partial charge in [-0.2, -0.15) is 5.10 Å². The number of aromatic nitrogens is 4. The van der Waals surface area contributed by atoms with Gasteiger partial charge in [0.15, 0.2) is 5.13 Å². The average Bonchev–Trinajstić information content (AvgIpc) is 3.36. The molecule has 30 heavy (non-hydrogen) atoms. The van der Waals surface area contributed by atoms with Crippen LogP contribution in [0.25, 0.3) is 15.9 Å². The van der Waals surface area contributed by atoms with Crippen LogP contribution in [-0.4, -0.2) is 36.5 Å². The number of benzene rings is 2. The zero-order chi connectivity index (χ0) is 21.3. The highest BCUT2D eigenvalue weighted by Crippen LogP contribution is 2.29. The van der Waals surface area contributed by atoms with Gasteiger partial charge in [-0.15, -0.1) is 0 Å². The fraction of sp³-hybridized carbons (Fsp3) is 0.0556. The number of fused-ring (bicyclic) bond motifs is 1. The normalized spacial score (nSPS) is 10.7. The van der Waals surface area contributed by atoms with Crippen molar-refractivity contribution in [2.45, 2.75) is 6.92 Å². The number of carbonyl (C=O) groups excluding carboxylic acids is 2. The van der Waals surface area contributed by atoms with Gasteiger partial charge in [0, 0.05) is 24.2 Å². The maximum atomic E-state index is 12.6. The van der Waals surface area contributed by atoms with Crippen LogP contribution in [0.3, 0.4) is 0 Å². The number of hydrogen-bond donors (Lipinski definition) is 2. The van der Waals surface area contributed by atoms with Crippen molar-refractivity contribution < 1.29 is 14.5 Å². The van der Waals surface area contributed by atoms with Gasteiger partial charge in [-0.1, -0.05) is 11.3 Å². The SMILES string of the molecule is CC(=O)Nc1ccc2nc(NC(=O)c3ccc(-n4cncn4)c([N+](=O)[O-])c3)sc2c1. The Bertz CT molecular complexity index is 1280. The van der Waals surface area contributed by atoms with E-state index in [4.69, 9.17) is 0 Å². The standard InChI is InChI=1S/C18H13N7O4S/c1-10(26)21-12-3-4-13-16(7-12)30-18(22-13)23-17(27)11-2-5-14(15(6-11)25(28)29)24-9-19-8-20-24/h2-9H,1H3,(H,21,26)(H,22,23,27). The summed E-state index contributed by atoms with van der Waals surface area (Å²) in [4.78, 5) is 42.8. The number of carbonyl (C=O) groups is 2. The predicted octanol–water partition coefficient (Wildman–Crippen LogP) is 3.00. The second kappa shape index (κ2) is 7.67. The molecular weight excluding hydrogens is 410 g/mol. The third kappa shape index (κ3) is 3.84. The van der Waals surface area contributed by atoms with Crippen LogP contribution in [0.1, 0.15) is 17.3 Å². The molecule has 0 unspecified atom stereocenters. The number of nitro benzene ring substituents is 1. The molecular formula is C18H13N7O4S. The van der Waals surface area contributed by atoms with Crippen molar-refractivity contribution in [2.24, 2.45) is 0 Å². The molecule has 0 spiro atoms. The lowest BCUT2D eigenvalue weighted by atomic mass is 10.1. The maximum Gasteiger partial charge on any atom is 0.295 e. The van der Waals surface area contributed by atoms with Gasteiger partial charge in [-0.25, -0.2) is 14.6 Å². The fourth-order valence-electron chi connectivity index (χ4n) is 2.77. The first-order chi connectivity index (χ1) is 14.4. The van der Waals surface area contributed by atoms with Crippen LogP contribution in [-0.2, 0) is 4.79 Å². The van der Waals surface area contributed by atoms with Gasteiger partial charge in [0.25, 0.3) is 11.6 Å². The van der Waals surface area contributed by atoms with Gasteiger partial charge in [0.1, 0.15) is 18.3 Å². The number of thiazole rings is 1. The van der Waals surface area contributed by atoms with E-state index in [2.05, 4.69) is 25.7 Å². The molecule has 0 bridgehead atoms. The third-order valence-electron chi connectivity index (χ3n) is 4.03. The molecule has 0 aliphatic carbocycles. The average molecular weight is 423 g/mol. The highest BCUT2D eigenvalue weighted by atomic mass is 32.1. The van der Waals surface area contributed by atoms with Crippen molar-refractivity contribution in [3.8, 4) is 5.69 Å². The number of amides is 2. The molecule has 4 aromatic rings. The summed E-state index contributed by atoms with van der Waals surface area (Å²) >= 11 is 1.22. The Labute approximate surface area is 172 Å². The van der Waals surface area contributed by atoms with Crippen molar-refractivity contribution in [3.05, 3.63) is 64.7 Å². The minimum Gasteiger partial charge on any atom is -0.326 e. The summed E-state index contributed by atoms with van der Waals surface area (Å²) in [5.74, 6) is -0.729. The van der Waals surface area contributed by atoms with E-state index in [0.717, 1.165) is 4.70 Å². The van der Waals surface area contributed by atoms with Crippen LogP contribution < -0.4 is 10.6 Å². The van der Waals surface area contributed by atoms with Crippen molar-refractivity contribution in [1.82, 2.24) is 19.7 Å². The second-order valence-corrected chi connectivity index (χ2v) is 7.17. The van der Waals surface area contributed by atoms with Crippen LogP contribution in [0.2, 0.25) is 0 Å². The van der Waals surface area contributed by atoms with Gasteiger partial charge >= 0.3 is 0 Å². The quantitative estimate of drug-likeness (QED) is 0.371. The highest BCUT2D eigenvalue weighted by molar-refractivity contribution is 7.22. The fourth-order valence-corrected chi connectivity index (χ4v) is 3.67. The largest absolute Gasteiger partial charge is 0.326 e. The first kappa shape index (κ1) is 19.1. The second-order valence-electron chi connectivity index (χ2n) is 6.14. The number of nitro groups is 1. The van der Waals surface area contributed by atoms with Gasteiger partial charge in [0.2, 0.25) is 5.91 Å². The van der Waals surface area contributed by atoms with E-state index >= 15 is 0 Å². The molecule has 12 heteroatoms. The van der Waals surface area contributed by atoms with Crippen molar-refractivity contribution >= 4 is 49.9 Å². The van der Waals surface area contributed by atoms with Gasteiger partial charge in [-0.3, -0.25) is 25.0 Å². The topological polar surface area (TPSA) is 145 Å². The lowest BCUT2D eigenvalue weighted by molar-refractivity contribution is -0.384. The Hall–Kier alpha value is -4.19. The Morgan fingerprint density at radius 2 is 2.00 bits per heavy atom. The molecule has 0 saturated heterocycles. The highest BCUT2D eigenvalue weighted by Gasteiger charge is 2.20. The molecule has 0 atom stereocenters. The molecule has 0 aliphatic heterocycles. The van der Waals surface area contributed by atoms with E-state index in [1.165, 1.54) is 53.8 Å². The third-order valence-corrected chi connectivity index (χ3v) is 4.96. The summed E-state index contributed by atoms with van der Waals surface area (Å²) in [6.07, 6.45) is 2.59. The van der Waals surface area contributed by atoms with E-state index in [1.807, 2.05) is 0 Å². The number of nitrogens with zero attached hydrogens (tertiary/aromatic N) is 5. The monoisotopic (exact) mass is 423 g/mol. The lowest BCUT2D eigenvalue weighted by Crippen LogP contribution is -2.12. The van der Waals surface area contributed by atoms with E-state index in [1.54, 1.807) is 18.2 Å². The number of rotatable bonds is 5. The summed E-state index contributed by atoms with van der Waals surface area (Å²) in [6.45, 7) is 1.41. The molecule has 2 heterocycles. The Morgan fingerprint density at radius 1 is 1.17 bits per heavy atom. The smallest absolute Gasteiger partial charge is 0.295 e. The molecule has 0 aliphatic rings. The molecule has 4 rings (SSSR count). The van der Waals surface area contributed by atoms with Crippen molar-refractivity contribution in [3.63, 3.8) is 0 Å². The van der Waals surface area contributed by atoms with Crippen LogP contribution >= 0.6 is 11.3 Å². The molecule has 0 fully saturated rings. The van der Waals surface area contributed by atoms with Crippen molar-refractivity contribution in [2.75, 3.05) is 10.6 Å². The van der Waals surface area contributed by atoms with Gasteiger partial charge in [-0.05, 0) is 30.3 Å². The molecule has 11 nitrogen and oxygen atoms in total. The van der Waals surface area contributed by atoms with Gasteiger partial charge < -0.3 is 5.32 Å². The maximum absolute atomic E-state index is 12.6. The summed E-state index contributed by atoms with van der Waals surface area (Å²) in [5.41, 5.74) is 1.29. The molecule has 0 saturated carbocycles. The first-order valence-electron chi connectivity index (χ1n) is 8.53. The van der Waals surface area contributed by atoms with E-state index in [9.17, 15) is 19.7 Å². The molecule has 2 aromatic heterocycles. The Kier molecular flexibility index (Phi) is 4.90. The molecule has 0 radical (unpaired) electrons. The lowest BCUT2D eigenvalue weighted by Gasteiger charge is -2.05. The molecule has 2 amide bonds. The Balaban J connectivity index is 1.60. The van der Waals surface area contributed by atoms with Crippen molar-refractivity contribution in [1.29, 1.82) is 0 Å².